The number of anilines is 1. The molecule has 1 rings (SSSR count). The predicted octanol–water partition coefficient (Wildman–Crippen LogP) is 1.83. The summed E-state index contributed by atoms with van der Waals surface area (Å²) in [5.74, 6) is 0. The molecule has 0 atom stereocenters. The van der Waals surface area contributed by atoms with E-state index in [0.29, 0.717) is 10.8 Å². The largest absolute Gasteiger partial charge is 0.281 e. The van der Waals surface area contributed by atoms with Crippen LogP contribution in [0.2, 0.25) is 5.15 Å². The Hall–Kier alpha value is -0.330. The van der Waals surface area contributed by atoms with Crippen molar-refractivity contribution in [2.45, 2.75) is 0 Å². The Morgan fingerprint density at radius 3 is 2.69 bits per heavy atom. The summed E-state index contributed by atoms with van der Waals surface area (Å²) in [6.45, 7) is 0. The van der Waals surface area contributed by atoms with Gasteiger partial charge in [0.05, 0.1) is 11.9 Å². The third kappa shape index (κ3) is 3.50. The van der Waals surface area contributed by atoms with E-state index in [1.54, 1.807) is 0 Å². The van der Waals surface area contributed by atoms with E-state index in [1.165, 1.54) is 18.3 Å². The zero-order valence-corrected chi connectivity index (χ0v) is 9.53. The number of pyridine rings is 1. The lowest BCUT2D eigenvalue weighted by Crippen LogP contribution is -2.13. The summed E-state index contributed by atoms with van der Waals surface area (Å²) in [6, 6.07) is 3.04. The molecule has 1 N–H and O–H groups in total. The third-order valence-electron chi connectivity index (χ3n) is 1.14. The van der Waals surface area contributed by atoms with Gasteiger partial charge in [0, 0.05) is 0 Å². The fraction of sp³-hybridized carbons (Fsp3) is 0.167. The maximum Gasteiger partial charge on any atom is 0.242 e. The topological polar surface area (TPSA) is 59.1 Å². The molecule has 0 spiro atoms. The number of hydrogen-bond acceptors (Lipinski definition) is 3. The van der Waals surface area contributed by atoms with Crippen LogP contribution in [0.5, 0.6) is 0 Å². The number of aromatic nitrogens is 1. The van der Waals surface area contributed by atoms with Crippen molar-refractivity contribution in [1.82, 2.24) is 4.98 Å². The molecular weight excluding hydrogens is 280 g/mol. The zero-order valence-electron chi connectivity index (χ0n) is 6.37. The van der Waals surface area contributed by atoms with Gasteiger partial charge in [0.1, 0.15) is 9.82 Å². The molecule has 1 aromatic rings. The van der Waals surface area contributed by atoms with Crippen molar-refractivity contribution < 1.29 is 8.42 Å². The van der Waals surface area contributed by atoms with Crippen LogP contribution >= 0.6 is 27.5 Å². The first-order chi connectivity index (χ1) is 6.03. The van der Waals surface area contributed by atoms with Gasteiger partial charge >= 0.3 is 0 Å². The summed E-state index contributed by atoms with van der Waals surface area (Å²) in [7, 11) is -3.30. The van der Waals surface area contributed by atoms with Crippen LogP contribution < -0.4 is 4.72 Å². The quantitative estimate of drug-likeness (QED) is 0.681. The molecule has 0 saturated heterocycles. The highest BCUT2D eigenvalue weighted by Crippen LogP contribution is 2.11. The number of nitrogens with zero attached hydrogens (tertiary/aromatic N) is 1. The van der Waals surface area contributed by atoms with E-state index < -0.39 is 10.0 Å². The Kier molecular flexibility index (Phi) is 3.52. The second kappa shape index (κ2) is 4.26. The molecular formula is C6H6BrClN2O2S. The number of rotatable bonds is 3. The number of alkyl halides is 1. The van der Waals surface area contributed by atoms with Crippen molar-refractivity contribution in [2.24, 2.45) is 0 Å². The van der Waals surface area contributed by atoms with E-state index in [2.05, 4.69) is 25.6 Å². The van der Waals surface area contributed by atoms with E-state index in [-0.39, 0.29) is 4.66 Å². The molecule has 1 heterocycles. The fourth-order valence-electron chi connectivity index (χ4n) is 0.643. The van der Waals surface area contributed by atoms with E-state index in [4.69, 9.17) is 11.6 Å². The summed E-state index contributed by atoms with van der Waals surface area (Å²) in [4.78, 5) is 3.72. The Morgan fingerprint density at radius 2 is 2.23 bits per heavy atom. The van der Waals surface area contributed by atoms with E-state index in [1.807, 2.05) is 0 Å². The van der Waals surface area contributed by atoms with E-state index >= 15 is 0 Å². The van der Waals surface area contributed by atoms with Gasteiger partial charge in [-0.1, -0.05) is 27.5 Å². The number of sulfonamides is 1. The molecule has 0 fully saturated rings. The molecule has 1 aromatic heterocycles. The molecule has 0 aliphatic rings. The lowest BCUT2D eigenvalue weighted by molar-refractivity contribution is 0.606. The average molecular weight is 286 g/mol. The number of halogens is 2. The molecule has 72 valence electrons. The van der Waals surface area contributed by atoms with E-state index in [9.17, 15) is 8.42 Å². The van der Waals surface area contributed by atoms with Crippen molar-refractivity contribution in [3.8, 4) is 0 Å². The zero-order chi connectivity index (χ0) is 9.90. The molecule has 0 unspecified atom stereocenters. The molecule has 0 aliphatic heterocycles. The number of nitrogens with one attached hydrogen (secondary N) is 1. The molecule has 0 radical (unpaired) electrons. The highest BCUT2D eigenvalue weighted by atomic mass is 79.9. The van der Waals surface area contributed by atoms with Crippen LogP contribution in [-0.4, -0.2) is 18.1 Å². The van der Waals surface area contributed by atoms with Gasteiger partial charge in [-0.2, -0.15) is 0 Å². The van der Waals surface area contributed by atoms with Crippen LogP contribution in [0, 0.1) is 0 Å². The van der Waals surface area contributed by atoms with Gasteiger partial charge in [0.25, 0.3) is 0 Å². The van der Waals surface area contributed by atoms with Crippen molar-refractivity contribution in [1.29, 1.82) is 0 Å². The van der Waals surface area contributed by atoms with Gasteiger partial charge in [-0.3, -0.25) is 4.72 Å². The molecule has 13 heavy (non-hydrogen) atoms. The van der Waals surface area contributed by atoms with Crippen LogP contribution in [0.4, 0.5) is 5.69 Å². The fourth-order valence-corrected chi connectivity index (χ4v) is 1.63. The molecule has 0 bridgehead atoms. The van der Waals surface area contributed by atoms with Crippen LogP contribution in [-0.2, 0) is 10.0 Å². The molecule has 0 aromatic carbocycles. The first-order valence-corrected chi connectivity index (χ1v) is 6.37. The van der Waals surface area contributed by atoms with Crippen molar-refractivity contribution in [2.75, 3.05) is 9.38 Å². The SMILES string of the molecule is O=S(=O)(CBr)Nc1ccc(Cl)nc1. The van der Waals surface area contributed by atoms with Crippen molar-refractivity contribution in [3.05, 3.63) is 23.5 Å². The second-order valence-corrected chi connectivity index (χ2v) is 5.61. The summed E-state index contributed by atoms with van der Waals surface area (Å²) >= 11 is 8.37. The van der Waals surface area contributed by atoms with Crippen molar-refractivity contribution in [3.63, 3.8) is 0 Å². The minimum atomic E-state index is -3.30. The maximum atomic E-state index is 11.0. The van der Waals surface area contributed by atoms with Gasteiger partial charge in [0.2, 0.25) is 10.0 Å². The smallest absolute Gasteiger partial charge is 0.242 e. The molecule has 0 saturated carbocycles. The summed E-state index contributed by atoms with van der Waals surface area (Å²) in [5.41, 5.74) is 0.392. The van der Waals surface area contributed by atoms with Gasteiger partial charge in [-0.25, -0.2) is 13.4 Å². The normalized spacial score (nSPS) is 11.2. The van der Waals surface area contributed by atoms with Gasteiger partial charge in [0.15, 0.2) is 0 Å². The van der Waals surface area contributed by atoms with Crippen LogP contribution in [0.3, 0.4) is 0 Å². The minimum absolute atomic E-state index is 0.150. The molecule has 7 heteroatoms. The second-order valence-electron chi connectivity index (χ2n) is 2.20. The number of hydrogen-bond donors (Lipinski definition) is 1. The van der Waals surface area contributed by atoms with Crippen LogP contribution in [0.25, 0.3) is 0 Å². The Balaban J connectivity index is 2.82. The summed E-state index contributed by atoms with van der Waals surface area (Å²) in [6.07, 6.45) is 1.35. The van der Waals surface area contributed by atoms with Crippen LogP contribution in [0.1, 0.15) is 0 Å². The average Bonchev–Trinajstić information content (AvgIpc) is 2.09. The standard InChI is InChI=1S/C6H6BrClN2O2S/c7-4-13(11,12)10-5-1-2-6(8)9-3-5/h1-3,10H,4H2. The minimum Gasteiger partial charge on any atom is -0.281 e. The maximum absolute atomic E-state index is 11.0. The van der Waals surface area contributed by atoms with Gasteiger partial charge < -0.3 is 0 Å². The third-order valence-corrected chi connectivity index (χ3v) is 4.01. The highest BCUT2D eigenvalue weighted by Gasteiger charge is 2.07. The highest BCUT2D eigenvalue weighted by molar-refractivity contribution is 9.10. The predicted molar refractivity (Wildman–Crippen MR) is 55.6 cm³/mol. The Labute approximate surface area is 89.5 Å². The van der Waals surface area contributed by atoms with E-state index in [0.717, 1.165) is 0 Å². The monoisotopic (exact) mass is 284 g/mol. The first kappa shape index (κ1) is 10.7. The molecule has 4 nitrogen and oxygen atoms in total. The first-order valence-electron chi connectivity index (χ1n) is 3.21. The molecule has 0 aliphatic carbocycles. The molecule has 0 amide bonds. The van der Waals surface area contributed by atoms with Gasteiger partial charge in [-0.15, -0.1) is 0 Å². The lowest BCUT2D eigenvalue weighted by Gasteiger charge is -2.03. The van der Waals surface area contributed by atoms with Gasteiger partial charge in [-0.05, 0) is 12.1 Å². The van der Waals surface area contributed by atoms with Crippen molar-refractivity contribution >= 4 is 43.2 Å². The Bertz CT molecular complexity index is 378. The Morgan fingerprint density at radius 1 is 1.54 bits per heavy atom. The summed E-state index contributed by atoms with van der Waals surface area (Å²) < 4.78 is 24.2. The van der Waals surface area contributed by atoms with Crippen LogP contribution in [0.15, 0.2) is 18.3 Å². The lowest BCUT2D eigenvalue weighted by atomic mass is 10.4. The summed E-state index contributed by atoms with van der Waals surface area (Å²) in [5, 5.41) is 0.321.